The van der Waals surface area contributed by atoms with Gasteiger partial charge in [0.1, 0.15) is 17.1 Å². The molecule has 0 unspecified atom stereocenters. The molecule has 3 aromatic rings. The molecule has 8 rings (SSSR count). The summed E-state index contributed by atoms with van der Waals surface area (Å²) in [4.78, 5) is 50.8. The van der Waals surface area contributed by atoms with Crippen molar-refractivity contribution >= 4 is 35.3 Å². The molecule has 4 saturated carbocycles. The van der Waals surface area contributed by atoms with Crippen LogP contribution in [-0.4, -0.2) is 22.8 Å². The summed E-state index contributed by atoms with van der Waals surface area (Å²) in [6.45, 7) is 1.65. The number of rotatable bonds is 5. The summed E-state index contributed by atoms with van der Waals surface area (Å²) in [6.07, 6.45) is 8.98. The number of nitrogens with one attached hydrogen (secondary N) is 1. The number of hydrogen-bond donors (Lipinski definition) is 1. The zero-order valence-electron chi connectivity index (χ0n) is 22.6. The standard InChI is InChI=1S/C32H29N3O6/c1-18-2-3-22(13-27(18)35(39)40)28-9-8-25(41-28)14-26-29(36)33-31(38)34(30(26)37)24-6-4-23(5-7-24)32-15-19-10-20(16-32)12-21(11-19)17-32/h2-9,13-14,19-21H,10-12,15-17H2,1H3,(H,33,36,38)/b26-14+. The van der Waals surface area contributed by atoms with Gasteiger partial charge in [0.25, 0.3) is 17.5 Å². The molecular weight excluding hydrogens is 522 g/mol. The number of imide groups is 2. The van der Waals surface area contributed by atoms with Crippen molar-refractivity contribution in [3.05, 3.63) is 87.2 Å². The van der Waals surface area contributed by atoms with E-state index >= 15 is 0 Å². The lowest BCUT2D eigenvalue weighted by atomic mass is 9.48. The van der Waals surface area contributed by atoms with Crippen LogP contribution in [0.15, 0.2) is 64.6 Å². The van der Waals surface area contributed by atoms with Gasteiger partial charge in [-0.15, -0.1) is 0 Å². The van der Waals surface area contributed by atoms with Crippen LogP contribution in [0.3, 0.4) is 0 Å². The molecule has 41 heavy (non-hydrogen) atoms. The van der Waals surface area contributed by atoms with Crippen LogP contribution in [0.1, 0.15) is 55.4 Å². The Bertz CT molecular complexity index is 1610. The summed E-state index contributed by atoms with van der Waals surface area (Å²) in [5.41, 5.74) is 2.59. The molecule has 1 aromatic heterocycles. The van der Waals surface area contributed by atoms with E-state index in [1.54, 1.807) is 43.3 Å². The van der Waals surface area contributed by atoms with Gasteiger partial charge in [0, 0.05) is 17.2 Å². The van der Waals surface area contributed by atoms with Crippen molar-refractivity contribution in [3.8, 4) is 11.3 Å². The van der Waals surface area contributed by atoms with Crippen LogP contribution in [0.4, 0.5) is 16.2 Å². The van der Waals surface area contributed by atoms with Gasteiger partial charge in [-0.3, -0.25) is 25.0 Å². The van der Waals surface area contributed by atoms with E-state index in [-0.39, 0.29) is 22.4 Å². The molecule has 0 spiro atoms. The highest BCUT2D eigenvalue weighted by Crippen LogP contribution is 2.60. The monoisotopic (exact) mass is 551 g/mol. The van der Waals surface area contributed by atoms with Gasteiger partial charge in [-0.05, 0) is 105 Å². The smallest absolute Gasteiger partial charge is 0.335 e. The molecule has 0 atom stereocenters. The van der Waals surface area contributed by atoms with Gasteiger partial charge < -0.3 is 4.42 Å². The molecule has 4 amide bonds. The van der Waals surface area contributed by atoms with Crippen LogP contribution in [0.5, 0.6) is 0 Å². The molecule has 5 aliphatic rings. The number of nitro groups is 1. The minimum Gasteiger partial charge on any atom is -0.457 e. The number of anilines is 1. The largest absolute Gasteiger partial charge is 0.457 e. The fraction of sp³-hybridized carbons (Fsp3) is 0.344. The Morgan fingerprint density at radius 2 is 1.61 bits per heavy atom. The first-order valence-electron chi connectivity index (χ1n) is 14.1. The van der Waals surface area contributed by atoms with Crippen molar-refractivity contribution in [2.45, 2.75) is 50.9 Å². The van der Waals surface area contributed by atoms with Crippen LogP contribution in [0.25, 0.3) is 17.4 Å². The normalized spacial score (nSPS) is 27.9. The Hall–Kier alpha value is -4.53. The number of nitrogens with zero attached hydrogens (tertiary/aromatic N) is 2. The number of urea groups is 1. The molecule has 208 valence electrons. The van der Waals surface area contributed by atoms with Crippen molar-refractivity contribution < 1.29 is 23.7 Å². The maximum Gasteiger partial charge on any atom is 0.335 e. The third-order valence-electron chi connectivity index (χ3n) is 9.48. The number of hydrogen-bond acceptors (Lipinski definition) is 6. The fourth-order valence-corrected chi connectivity index (χ4v) is 8.01. The van der Waals surface area contributed by atoms with E-state index < -0.39 is 22.8 Å². The number of aryl methyl sites for hydroxylation is 1. The van der Waals surface area contributed by atoms with E-state index in [2.05, 4.69) is 5.32 Å². The third-order valence-corrected chi connectivity index (χ3v) is 9.48. The van der Waals surface area contributed by atoms with E-state index in [4.69, 9.17) is 4.42 Å². The van der Waals surface area contributed by atoms with Crippen LogP contribution in [0.2, 0.25) is 0 Å². The Morgan fingerprint density at radius 1 is 0.951 bits per heavy atom. The minimum atomic E-state index is -0.814. The summed E-state index contributed by atoms with van der Waals surface area (Å²) in [6, 6.07) is 14.8. The van der Waals surface area contributed by atoms with Gasteiger partial charge in [-0.1, -0.05) is 24.3 Å². The Kier molecular flexibility index (Phi) is 5.74. The average Bonchev–Trinajstić information content (AvgIpc) is 3.39. The van der Waals surface area contributed by atoms with Gasteiger partial charge in [0.15, 0.2) is 0 Å². The van der Waals surface area contributed by atoms with Gasteiger partial charge in [0.2, 0.25) is 0 Å². The van der Waals surface area contributed by atoms with Crippen LogP contribution in [0, 0.1) is 34.8 Å². The molecule has 2 heterocycles. The second-order valence-electron chi connectivity index (χ2n) is 12.2. The first kappa shape index (κ1) is 25.4. The number of nitro benzene ring substituents is 1. The van der Waals surface area contributed by atoms with Gasteiger partial charge in [-0.2, -0.15) is 0 Å². The topological polar surface area (TPSA) is 123 Å². The van der Waals surface area contributed by atoms with Crippen molar-refractivity contribution in [2.24, 2.45) is 17.8 Å². The van der Waals surface area contributed by atoms with Crippen molar-refractivity contribution in [1.29, 1.82) is 0 Å². The number of amides is 4. The summed E-state index contributed by atoms with van der Waals surface area (Å²) >= 11 is 0. The molecule has 2 aromatic carbocycles. The number of carbonyl (C=O) groups is 3. The predicted molar refractivity (Wildman–Crippen MR) is 151 cm³/mol. The molecule has 4 bridgehead atoms. The van der Waals surface area contributed by atoms with E-state index in [0.717, 1.165) is 22.7 Å². The van der Waals surface area contributed by atoms with Crippen LogP contribution < -0.4 is 10.2 Å². The molecule has 4 aliphatic carbocycles. The molecule has 5 fully saturated rings. The summed E-state index contributed by atoms with van der Waals surface area (Å²) in [7, 11) is 0. The number of furan rings is 1. The second-order valence-corrected chi connectivity index (χ2v) is 12.2. The second kappa shape index (κ2) is 9.26. The number of carbonyl (C=O) groups excluding carboxylic acids is 3. The van der Waals surface area contributed by atoms with Crippen molar-refractivity contribution in [1.82, 2.24) is 5.32 Å². The minimum absolute atomic E-state index is 0.0380. The third kappa shape index (κ3) is 4.27. The first-order chi connectivity index (χ1) is 19.7. The zero-order valence-corrected chi connectivity index (χ0v) is 22.6. The van der Waals surface area contributed by atoms with Crippen LogP contribution in [-0.2, 0) is 15.0 Å². The molecule has 1 N–H and O–H groups in total. The maximum atomic E-state index is 13.5. The Labute approximate surface area is 236 Å². The highest BCUT2D eigenvalue weighted by Gasteiger charge is 2.51. The highest BCUT2D eigenvalue weighted by molar-refractivity contribution is 6.39. The maximum absolute atomic E-state index is 13.5. The van der Waals surface area contributed by atoms with Gasteiger partial charge >= 0.3 is 6.03 Å². The lowest BCUT2D eigenvalue weighted by molar-refractivity contribution is -0.385. The average molecular weight is 552 g/mol. The van der Waals surface area contributed by atoms with E-state index in [1.807, 2.05) is 12.1 Å². The van der Waals surface area contributed by atoms with Crippen molar-refractivity contribution in [3.63, 3.8) is 0 Å². The quantitative estimate of drug-likeness (QED) is 0.172. The SMILES string of the molecule is Cc1ccc(-c2ccc(/C=C3\C(=O)NC(=O)N(c4ccc(C56CC7CC(CC(C7)C5)C6)cc4)C3=O)o2)cc1[N+](=O)[O-]. The first-order valence-corrected chi connectivity index (χ1v) is 14.1. The Morgan fingerprint density at radius 3 is 2.24 bits per heavy atom. The molecule has 1 aliphatic heterocycles. The molecular formula is C32H29N3O6. The zero-order chi connectivity index (χ0) is 28.5. The number of benzene rings is 2. The molecule has 9 nitrogen and oxygen atoms in total. The predicted octanol–water partition coefficient (Wildman–Crippen LogP) is 6.30. The lowest BCUT2D eigenvalue weighted by Gasteiger charge is -2.57. The number of barbiturate groups is 1. The Balaban J connectivity index is 1.15. The highest BCUT2D eigenvalue weighted by atomic mass is 16.6. The van der Waals surface area contributed by atoms with Gasteiger partial charge in [0.05, 0.1) is 10.6 Å². The fourth-order valence-electron chi connectivity index (χ4n) is 8.01. The molecule has 9 heteroatoms. The van der Waals surface area contributed by atoms with E-state index in [1.165, 1.54) is 56.2 Å². The van der Waals surface area contributed by atoms with Crippen molar-refractivity contribution in [2.75, 3.05) is 4.90 Å². The van der Waals surface area contributed by atoms with E-state index in [9.17, 15) is 24.5 Å². The van der Waals surface area contributed by atoms with Crippen LogP contribution >= 0.6 is 0 Å². The lowest BCUT2D eigenvalue weighted by Crippen LogP contribution is -2.54. The summed E-state index contributed by atoms with van der Waals surface area (Å²) < 4.78 is 5.81. The molecule has 1 saturated heterocycles. The molecule has 0 radical (unpaired) electrons. The van der Waals surface area contributed by atoms with Gasteiger partial charge in [-0.25, -0.2) is 9.69 Å². The summed E-state index contributed by atoms with van der Waals surface area (Å²) in [5.74, 6) is 1.40. The summed E-state index contributed by atoms with van der Waals surface area (Å²) in [5, 5.41) is 13.6. The van der Waals surface area contributed by atoms with E-state index in [0.29, 0.717) is 22.6 Å².